The summed E-state index contributed by atoms with van der Waals surface area (Å²) in [5, 5.41) is 13.7. The van der Waals surface area contributed by atoms with E-state index in [0.717, 1.165) is 30.9 Å². The molecule has 1 saturated heterocycles. The van der Waals surface area contributed by atoms with Crippen LogP contribution in [0.3, 0.4) is 0 Å². The Morgan fingerprint density at radius 3 is 2.88 bits per heavy atom. The van der Waals surface area contributed by atoms with Crippen LogP contribution in [0, 0.1) is 19.8 Å². The Morgan fingerprint density at radius 1 is 1.41 bits per heavy atom. The van der Waals surface area contributed by atoms with Crippen molar-refractivity contribution in [2.45, 2.75) is 26.7 Å². The molecule has 2 heterocycles. The van der Waals surface area contributed by atoms with Crippen molar-refractivity contribution < 1.29 is 4.79 Å². The summed E-state index contributed by atoms with van der Waals surface area (Å²) in [6.45, 7) is 5.60. The highest BCUT2D eigenvalue weighted by Gasteiger charge is 2.18. The molecule has 1 aromatic rings. The summed E-state index contributed by atoms with van der Waals surface area (Å²) in [6, 6.07) is 0. The van der Waals surface area contributed by atoms with Crippen molar-refractivity contribution in [2.24, 2.45) is 5.92 Å². The van der Waals surface area contributed by atoms with E-state index in [-0.39, 0.29) is 5.91 Å². The van der Waals surface area contributed by atoms with E-state index in [9.17, 15) is 4.79 Å². The first-order valence-corrected chi connectivity index (χ1v) is 5.83. The van der Waals surface area contributed by atoms with Crippen LogP contribution >= 0.6 is 0 Å². The van der Waals surface area contributed by atoms with Crippen molar-refractivity contribution in [1.82, 2.24) is 20.5 Å². The minimum atomic E-state index is -0.0382. The highest BCUT2D eigenvalue weighted by Crippen LogP contribution is 2.13. The number of nitrogens with zero attached hydrogens (tertiary/aromatic N) is 3. The predicted molar refractivity (Wildman–Crippen MR) is 63.5 cm³/mol. The molecule has 1 amide bonds. The van der Waals surface area contributed by atoms with Crippen molar-refractivity contribution in [2.75, 3.05) is 18.4 Å². The number of rotatable bonds is 3. The van der Waals surface area contributed by atoms with Crippen LogP contribution in [-0.2, 0) is 4.79 Å². The Morgan fingerprint density at radius 2 is 2.24 bits per heavy atom. The maximum absolute atomic E-state index is 11.7. The Kier molecular flexibility index (Phi) is 3.63. The molecule has 2 N–H and O–H groups in total. The monoisotopic (exact) mass is 235 g/mol. The largest absolute Gasteiger partial charge is 0.316 e. The van der Waals surface area contributed by atoms with E-state index >= 15 is 0 Å². The van der Waals surface area contributed by atoms with Gasteiger partial charge in [0.2, 0.25) is 11.9 Å². The van der Waals surface area contributed by atoms with Gasteiger partial charge in [-0.05, 0) is 39.3 Å². The smallest absolute Gasteiger partial charge is 0.249 e. The molecule has 6 nitrogen and oxygen atoms in total. The molecule has 0 spiro atoms. The van der Waals surface area contributed by atoms with Gasteiger partial charge in [0.15, 0.2) is 0 Å². The van der Waals surface area contributed by atoms with E-state index in [0.29, 0.717) is 18.3 Å². The fraction of sp³-hybridized carbons (Fsp3) is 0.636. The standard InChI is InChI=1S/C11H17N5O/c1-7-8(2)15-16-11(13-7)14-10(17)5-9-3-4-12-6-9/h9,12H,3-6H2,1-2H3,(H,13,14,16,17). The van der Waals surface area contributed by atoms with E-state index in [4.69, 9.17) is 0 Å². The van der Waals surface area contributed by atoms with Gasteiger partial charge < -0.3 is 5.32 Å². The first-order chi connectivity index (χ1) is 8.15. The third kappa shape index (κ3) is 3.20. The normalized spacial score (nSPS) is 19.3. The second-order valence-electron chi connectivity index (χ2n) is 4.42. The summed E-state index contributed by atoms with van der Waals surface area (Å²) in [4.78, 5) is 15.9. The van der Waals surface area contributed by atoms with Gasteiger partial charge in [0.05, 0.1) is 11.4 Å². The Bertz CT molecular complexity index is 414. The molecule has 17 heavy (non-hydrogen) atoms. The van der Waals surface area contributed by atoms with Gasteiger partial charge in [0, 0.05) is 6.42 Å². The molecule has 0 saturated carbocycles. The van der Waals surface area contributed by atoms with Gasteiger partial charge in [-0.2, -0.15) is 5.10 Å². The topological polar surface area (TPSA) is 79.8 Å². The molecular weight excluding hydrogens is 218 g/mol. The van der Waals surface area contributed by atoms with Crippen molar-refractivity contribution >= 4 is 11.9 Å². The molecule has 0 bridgehead atoms. The van der Waals surface area contributed by atoms with Gasteiger partial charge in [0.25, 0.3) is 0 Å². The fourth-order valence-electron chi connectivity index (χ4n) is 1.84. The predicted octanol–water partition coefficient (Wildman–Crippen LogP) is 0.427. The van der Waals surface area contributed by atoms with Crippen molar-refractivity contribution in [3.63, 3.8) is 0 Å². The van der Waals surface area contributed by atoms with E-state index in [2.05, 4.69) is 25.8 Å². The maximum atomic E-state index is 11.7. The lowest BCUT2D eigenvalue weighted by Gasteiger charge is -2.08. The SMILES string of the molecule is Cc1nnc(NC(=O)CC2CCNC2)nc1C. The van der Waals surface area contributed by atoms with Crippen LogP contribution in [0.2, 0.25) is 0 Å². The molecule has 1 aliphatic heterocycles. The third-order valence-electron chi connectivity index (χ3n) is 2.98. The van der Waals surface area contributed by atoms with Crippen LogP contribution in [0.5, 0.6) is 0 Å². The van der Waals surface area contributed by atoms with Crippen LogP contribution in [0.25, 0.3) is 0 Å². The number of amides is 1. The van der Waals surface area contributed by atoms with Crippen LogP contribution in [-0.4, -0.2) is 34.2 Å². The van der Waals surface area contributed by atoms with E-state index in [1.165, 1.54) is 0 Å². The quantitative estimate of drug-likeness (QED) is 0.794. The molecule has 0 radical (unpaired) electrons. The first-order valence-electron chi connectivity index (χ1n) is 5.83. The summed E-state index contributed by atoms with van der Waals surface area (Å²) in [5.41, 5.74) is 1.57. The van der Waals surface area contributed by atoms with E-state index in [1.807, 2.05) is 13.8 Å². The van der Waals surface area contributed by atoms with Gasteiger partial charge >= 0.3 is 0 Å². The van der Waals surface area contributed by atoms with Crippen molar-refractivity contribution in [3.05, 3.63) is 11.4 Å². The summed E-state index contributed by atoms with van der Waals surface area (Å²) in [7, 11) is 0. The number of carbonyl (C=O) groups is 1. The second kappa shape index (κ2) is 5.18. The molecule has 6 heteroatoms. The Labute approximate surface area is 100 Å². The lowest BCUT2D eigenvalue weighted by atomic mass is 10.1. The van der Waals surface area contributed by atoms with Crippen LogP contribution in [0.1, 0.15) is 24.2 Å². The molecule has 0 aromatic carbocycles. The summed E-state index contributed by atoms with van der Waals surface area (Å²) >= 11 is 0. The first kappa shape index (κ1) is 11.9. The number of hydrogen-bond donors (Lipinski definition) is 2. The van der Waals surface area contributed by atoms with Crippen LogP contribution < -0.4 is 10.6 Å². The molecular formula is C11H17N5O. The third-order valence-corrected chi connectivity index (χ3v) is 2.98. The molecule has 1 unspecified atom stereocenters. The minimum Gasteiger partial charge on any atom is -0.316 e. The Hall–Kier alpha value is -1.56. The zero-order chi connectivity index (χ0) is 12.3. The van der Waals surface area contributed by atoms with Gasteiger partial charge in [-0.1, -0.05) is 0 Å². The fourth-order valence-corrected chi connectivity index (χ4v) is 1.84. The van der Waals surface area contributed by atoms with Gasteiger partial charge in [-0.3, -0.25) is 10.1 Å². The van der Waals surface area contributed by atoms with Crippen molar-refractivity contribution in [3.8, 4) is 0 Å². The summed E-state index contributed by atoms with van der Waals surface area (Å²) in [5.74, 6) is 0.683. The van der Waals surface area contributed by atoms with Gasteiger partial charge in [-0.25, -0.2) is 4.98 Å². The molecule has 2 rings (SSSR count). The minimum absolute atomic E-state index is 0.0382. The zero-order valence-corrected chi connectivity index (χ0v) is 10.2. The van der Waals surface area contributed by atoms with Crippen LogP contribution in [0.4, 0.5) is 5.95 Å². The molecule has 1 atom stereocenters. The molecule has 92 valence electrons. The second-order valence-corrected chi connectivity index (χ2v) is 4.42. The number of nitrogens with one attached hydrogen (secondary N) is 2. The number of hydrogen-bond acceptors (Lipinski definition) is 5. The lowest BCUT2D eigenvalue weighted by Crippen LogP contribution is -2.20. The van der Waals surface area contributed by atoms with Crippen molar-refractivity contribution in [1.29, 1.82) is 0 Å². The van der Waals surface area contributed by atoms with E-state index in [1.54, 1.807) is 0 Å². The molecule has 1 aliphatic rings. The van der Waals surface area contributed by atoms with Gasteiger partial charge in [0.1, 0.15) is 0 Å². The number of anilines is 1. The Balaban J connectivity index is 1.90. The highest BCUT2D eigenvalue weighted by atomic mass is 16.1. The highest BCUT2D eigenvalue weighted by molar-refractivity contribution is 5.89. The number of aromatic nitrogens is 3. The van der Waals surface area contributed by atoms with E-state index < -0.39 is 0 Å². The number of carbonyl (C=O) groups excluding carboxylic acids is 1. The summed E-state index contributed by atoms with van der Waals surface area (Å²) < 4.78 is 0. The van der Waals surface area contributed by atoms with Crippen LogP contribution in [0.15, 0.2) is 0 Å². The zero-order valence-electron chi connectivity index (χ0n) is 10.2. The molecule has 0 aliphatic carbocycles. The average Bonchev–Trinajstić information content (AvgIpc) is 2.76. The number of aryl methyl sites for hydroxylation is 2. The lowest BCUT2D eigenvalue weighted by molar-refractivity contribution is -0.117. The summed E-state index contributed by atoms with van der Waals surface area (Å²) in [6.07, 6.45) is 1.57. The maximum Gasteiger partial charge on any atom is 0.249 e. The molecule has 1 aromatic heterocycles. The average molecular weight is 235 g/mol. The molecule has 1 fully saturated rings. The van der Waals surface area contributed by atoms with Gasteiger partial charge in [-0.15, -0.1) is 5.10 Å².